The van der Waals surface area contributed by atoms with E-state index < -0.39 is 0 Å². The van der Waals surface area contributed by atoms with Gasteiger partial charge < -0.3 is 5.11 Å². The number of hydrogen-bond acceptors (Lipinski definition) is 2. The minimum absolute atomic E-state index is 0.114. The fourth-order valence-electron chi connectivity index (χ4n) is 1.18. The molecule has 2 nitrogen and oxygen atoms in total. The van der Waals surface area contributed by atoms with Crippen LogP contribution in [0.1, 0.15) is 13.3 Å². The van der Waals surface area contributed by atoms with Gasteiger partial charge in [0.25, 0.3) is 0 Å². The topological polar surface area (TPSA) is 37.3 Å². The fraction of sp³-hybridized carbons (Fsp3) is 0.300. The predicted molar refractivity (Wildman–Crippen MR) is 47.8 cm³/mol. The predicted octanol–water partition coefficient (Wildman–Crippen LogP) is 2.15. The Hall–Kier alpha value is -1.31. The number of aliphatic hydroxyl groups excluding tert-OH is 1. The van der Waals surface area contributed by atoms with Gasteiger partial charge >= 0.3 is 0 Å². The third kappa shape index (κ3) is 1.47. The summed E-state index contributed by atoms with van der Waals surface area (Å²) in [7, 11) is 0. The number of carbonyl (C=O) groups excluding carboxylic acids is 1. The summed E-state index contributed by atoms with van der Waals surface area (Å²) < 4.78 is 0. The lowest BCUT2D eigenvalue weighted by Gasteiger charge is -2.25. The minimum Gasteiger partial charge on any atom is -0.515 e. The lowest BCUT2D eigenvalue weighted by atomic mass is 9.78. The molecule has 0 aromatic heterocycles. The van der Waals surface area contributed by atoms with Crippen molar-refractivity contribution in [2.75, 3.05) is 0 Å². The molecule has 2 heteroatoms. The van der Waals surface area contributed by atoms with E-state index in [1.165, 1.54) is 6.08 Å². The first kappa shape index (κ1) is 8.78. The Kier molecular flexibility index (Phi) is 2.18. The molecule has 0 saturated heterocycles. The Morgan fingerprint density at radius 3 is 2.92 bits per heavy atom. The van der Waals surface area contributed by atoms with Crippen LogP contribution in [-0.2, 0) is 4.79 Å². The van der Waals surface area contributed by atoms with Gasteiger partial charge in [0, 0.05) is 11.0 Å². The maximum Gasteiger partial charge on any atom is 0.184 e. The van der Waals surface area contributed by atoms with Crippen molar-refractivity contribution < 1.29 is 9.90 Å². The molecule has 64 valence electrons. The smallest absolute Gasteiger partial charge is 0.184 e. The molecule has 0 radical (unpaired) electrons. The molecule has 0 saturated carbocycles. The average molecular weight is 164 g/mol. The number of aliphatic hydroxyl groups is 1. The molecule has 12 heavy (non-hydrogen) atoms. The molecule has 0 amide bonds. The molecule has 0 aromatic rings. The summed E-state index contributed by atoms with van der Waals surface area (Å²) in [4.78, 5) is 11.1. The summed E-state index contributed by atoms with van der Waals surface area (Å²) in [6.45, 7) is 5.64. The summed E-state index contributed by atoms with van der Waals surface area (Å²) >= 11 is 0. The van der Waals surface area contributed by atoms with Crippen LogP contribution in [0.25, 0.3) is 0 Å². The molecule has 1 rings (SSSR count). The van der Waals surface area contributed by atoms with Crippen LogP contribution in [0.2, 0.25) is 0 Å². The highest BCUT2D eigenvalue weighted by Gasteiger charge is 2.25. The second-order valence-electron chi connectivity index (χ2n) is 3.24. The van der Waals surface area contributed by atoms with Gasteiger partial charge in [-0.3, -0.25) is 4.79 Å². The molecule has 0 aromatic carbocycles. The van der Waals surface area contributed by atoms with E-state index in [0.29, 0.717) is 12.0 Å². The van der Waals surface area contributed by atoms with Gasteiger partial charge in [0.2, 0.25) is 0 Å². The van der Waals surface area contributed by atoms with Gasteiger partial charge in [0.1, 0.15) is 0 Å². The van der Waals surface area contributed by atoms with E-state index in [1.807, 2.05) is 13.0 Å². The molecule has 1 N–H and O–H groups in total. The van der Waals surface area contributed by atoms with Crippen molar-refractivity contribution in [3.05, 3.63) is 36.6 Å². The standard InChI is InChI=1S/C10H12O2/c1-3-10(2)5-4-9(12)8(6-10)7-11/h3-5,7,11H,1,6H2,2H3/b8-7+. The van der Waals surface area contributed by atoms with Crippen LogP contribution in [0.15, 0.2) is 36.6 Å². The van der Waals surface area contributed by atoms with Crippen LogP contribution in [-0.4, -0.2) is 10.9 Å². The van der Waals surface area contributed by atoms with Crippen molar-refractivity contribution in [1.29, 1.82) is 0 Å². The zero-order chi connectivity index (χ0) is 9.19. The molecular weight excluding hydrogens is 152 g/mol. The largest absolute Gasteiger partial charge is 0.515 e. The van der Waals surface area contributed by atoms with Crippen molar-refractivity contribution in [1.82, 2.24) is 0 Å². The van der Waals surface area contributed by atoms with Crippen LogP contribution in [0.4, 0.5) is 0 Å². The lowest BCUT2D eigenvalue weighted by molar-refractivity contribution is -0.112. The normalized spacial score (nSPS) is 32.4. The van der Waals surface area contributed by atoms with E-state index in [-0.39, 0.29) is 11.2 Å². The zero-order valence-corrected chi connectivity index (χ0v) is 7.08. The summed E-state index contributed by atoms with van der Waals surface area (Å²) in [5.41, 5.74) is 0.252. The molecule has 1 atom stereocenters. The molecule has 0 spiro atoms. The number of rotatable bonds is 1. The molecule has 1 unspecified atom stereocenters. The average Bonchev–Trinajstić information content (AvgIpc) is 2.10. The second-order valence-corrected chi connectivity index (χ2v) is 3.24. The Balaban J connectivity index is 3.00. The molecule has 0 aliphatic heterocycles. The van der Waals surface area contributed by atoms with Crippen LogP contribution in [0.3, 0.4) is 0 Å². The molecule has 0 heterocycles. The van der Waals surface area contributed by atoms with Crippen molar-refractivity contribution in [3.8, 4) is 0 Å². The van der Waals surface area contributed by atoms with E-state index in [9.17, 15) is 4.79 Å². The molecule has 0 bridgehead atoms. The number of ketones is 1. The maximum absolute atomic E-state index is 11.1. The van der Waals surface area contributed by atoms with E-state index in [4.69, 9.17) is 5.11 Å². The highest BCUT2D eigenvalue weighted by atomic mass is 16.2. The quantitative estimate of drug-likeness (QED) is 0.366. The highest BCUT2D eigenvalue weighted by Crippen LogP contribution is 2.32. The summed E-state index contributed by atoms with van der Waals surface area (Å²) in [5, 5.41) is 8.74. The highest BCUT2D eigenvalue weighted by molar-refractivity contribution is 6.04. The summed E-state index contributed by atoms with van der Waals surface area (Å²) in [6, 6.07) is 0. The first-order chi connectivity index (χ1) is 5.61. The molecule has 1 aliphatic carbocycles. The Morgan fingerprint density at radius 1 is 1.75 bits per heavy atom. The van der Waals surface area contributed by atoms with Crippen LogP contribution in [0.5, 0.6) is 0 Å². The van der Waals surface area contributed by atoms with Gasteiger partial charge in [-0.15, -0.1) is 6.58 Å². The number of allylic oxidation sites excluding steroid dienone is 4. The molecule has 1 aliphatic rings. The second kappa shape index (κ2) is 2.97. The maximum atomic E-state index is 11.1. The first-order valence-electron chi connectivity index (χ1n) is 3.82. The van der Waals surface area contributed by atoms with Crippen LogP contribution >= 0.6 is 0 Å². The van der Waals surface area contributed by atoms with Gasteiger partial charge in [0.05, 0.1) is 6.26 Å². The van der Waals surface area contributed by atoms with Crippen LogP contribution in [0, 0.1) is 5.41 Å². The van der Waals surface area contributed by atoms with Crippen molar-refractivity contribution in [3.63, 3.8) is 0 Å². The van der Waals surface area contributed by atoms with Gasteiger partial charge in [0.15, 0.2) is 5.78 Å². The van der Waals surface area contributed by atoms with E-state index in [1.54, 1.807) is 6.08 Å². The Labute approximate surface area is 71.9 Å². The van der Waals surface area contributed by atoms with E-state index in [2.05, 4.69) is 6.58 Å². The number of hydrogen-bond donors (Lipinski definition) is 1. The Bertz CT molecular complexity index is 274. The van der Waals surface area contributed by atoms with Crippen LogP contribution < -0.4 is 0 Å². The van der Waals surface area contributed by atoms with Crippen molar-refractivity contribution >= 4 is 5.78 Å². The minimum atomic E-state index is -0.192. The van der Waals surface area contributed by atoms with E-state index >= 15 is 0 Å². The first-order valence-corrected chi connectivity index (χ1v) is 3.82. The monoisotopic (exact) mass is 164 g/mol. The summed E-state index contributed by atoms with van der Waals surface area (Å²) in [6.07, 6.45) is 6.48. The number of carbonyl (C=O) groups is 1. The third-order valence-electron chi connectivity index (χ3n) is 2.13. The third-order valence-corrected chi connectivity index (χ3v) is 2.13. The molecule has 0 fully saturated rings. The van der Waals surface area contributed by atoms with Gasteiger partial charge in [-0.1, -0.05) is 19.1 Å². The Morgan fingerprint density at radius 2 is 2.42 bits per heavy atom. The summed E-state index contributed by atoms with van der Waals surface area (Å²) in [5.74, 6) is -0.114. The van der Waals surface area contributed by atoms with E-state index in [0.717, 1.165) is 6.26 Å². The van der Waals surface area contributed by atoms with Gasteiger partial charge in [-0.25, -0.2) is 0 Å². The fourth-order valence-corrected chi connectivity index (χ4v) is 1.18. The zero-order valence-electron chi connectivity index (χ0n) is 7.08. The molecular formula is C10H12O2. The van der Waals surface area contributed by atoms with Gasteiger partial charge in [-0.2, -0.15) is 0 Å². The van der Waals surface area contributed by atoms with Gasteiger partial charge in [-0.05, 0) is 12.5 Å². The SMILES string of the molecule is C=CC1(C)C=CC(=O)/C(=C/O)C1. The van der Waals surface area contributed by atoms with Crippen molar-refractivity contribution in [2.24, 2.45) is 5.41 Å². The lowest BCUT2D eigenvalue weighted by Crippen LogP contribution is -2.19. The van der Waals surface area contributed by atoms with Crippen molar-refractivity contribution in [2.45, 2.75) is 13.3 Å².